The zero-order chi connectivity index (χ0) is 16.4. The number of nitro benzene ring substituents is 1. The second kappa shape index (κ2) is 5.91. The van der Waals surface area contributed by atoms with Crippen LogP contribution in [0.25, 0.3) is 16.9 Å². The molecule has 0 bridgehead atoms. The number of nitrogens with zero attached hydrogens (tertiary/aromatic N) is 4. The summed E-state index contributed by atoms with van der Waals surface area (Å²) in [5.74, 6) is 0. The van der Waals surface area contributed by atoms with Crippen molar-refractivity contribution < 1.29 is 4.92 Å². The SMILES string of the molecule is N#Cc1cc(-c2ccc(Cl)cc2)n(-c2ccc([N+](=O)[O-])cc2)n1. The van der Waals surface area contributed by atoms with Gasteiger partial charge in [-0.1, -0.05) is 23.7 Å². The topological polar surface area (TPSA) is 84.8 Å². The maximum absolute atomic E-state index is 10.7. The van der Waals surface area contributed by atoms with Gasteiger partial charge in [0.15, 0.2) is 5.69 Å². The van der Waals surface area contributed by atoms with Gasteiger partial charge in [0.05, 0.1) is 16.3 Å². The van der Waals surface area contributed by atoms with Gasteiger partial charge in [0, 0.05) is 28.8 Å². The normalized spacial score (nSPS) is 10.3. The molecule has 3 rings (SSSR count). The van der Waals surface area contributed by atoms with Crippen molar-refractivity contribution in [1.82, 2.24) is 9.78 Å². The molecule has 0 spiro atoms. The Morgan fingerprint density at radius 3 is 2.35 bits per heavy atom. The van der Waals surface area contributed by atoms with Gasteiger partial charge in [-0.3, -0.25) is 10.1 Å². The third-order valence-electron chi connectivity index (χ3n) is 3.27. The number of aromatic nitrogens is 2. The van der Waals surface area contributed by atoms with Crippen molar-refractivity contribution in [2.45, 2.75) is 0 Å². The third-order valence-corrected chi connectivity index (χ3v) is 3.52. The second-order valence-electron chi connectivity index (χ2n) is 4.72. The lowest BCUT2D eigenvalue weighted by Gasteiger charge is -2.07. The molecular weight excluding hydrogens is 316 g/mol. The van der Waals surface area contributed by atoms with Crippen LogP contribution in [0.15, 0.2) is 54.6 Å². The molecule has 0 aliphatic carbocycles. The van der Waals surface area contributed by atoms with Crippen molar-refractivity contribution in [2.24, 2.45) is 0 Å². The number of nitriles is 1. The number of halogens is 1. The van der Waals surface area contributed by atoms with Crippen LogP contribution in [0.4, 0.5) is 5.69 Å². The Morgan fingerprint density at radius 1 is 1.13 bits per heavy atom. The van der Waals surface area contributed by atoms with E-state index < -0.39 is 4.92 Å². The fourth-order valence-electron chi connectivity index (χ4n) is 2.17. The van der Waals surface area contributed by atoms with Crippen molar-refractivity contribution in [2.75, 3.05) is 0 Å². The van der Waals surface area contributed by atoms with E-state index in [2.05, 4.69) is 5.10 Å². The predicted molar refractivity (Wildman–Crippen MR) is 85.4 cm³/mol. The van der Waals surface area contributed by atoms with Crippen LogP contribution in [-0.4, -0.2) is 14.7 Å². The number of benzene rings is 2. The predicted octanol–water partition coefficient (Wildman–Crippen LogP) is 3.97. The first-order valence-electron chi connectivity index (χ1n) is 6.59. The van der Waals surface area contributed by atoms with E-state index in [1.807, 2.05) is 18.2 Å². The van der Waals surface area contributed by atoms with Crippen molar-refractivity contribution in [3.05, 3.63) is 75.4 Å². The summed E-state index contributed by atoms with van der Waals surface area (Å²) >= 11 is 5.90. The highest BCUT2D eigenvalue weighted by Crippen LogP contribution is 2.26. The van der Waals surface area contributed by atoms with E-state index in [1.54, 1.807) is 35.0 Å². The first-order chi connectivity index (χ1) is 11.1. The lowest BCUT2D eigenvalue weighted by atomic mass is 10.1. The molecule has 0 aliphatic rings. The minimum Gasteiger partial charge on any atom is -0.258 e. The van der Waals surface area contributed by atoms with Crippen molar-refractivity contribution in [1.29, 1.82) is 5.26 Å². The molecule has 0 unspecified atom stereocenters. The Balaban J connectivity index is 2.11. The van der Waals surface area contributed by atoms with Crippen LogP contribution in [-0.2, 0) is 0 Å². The molecule has 0 radical (unpaired) electrons. The van der Waals surface area contributed by atoms with E-state index >= 15 is 0 Å². The molecule has 0 saturated carbocycles. The quantitative estimate of drug-likeness (QED) is 0.539. The average molecular weight is 325 g/mol. The lowest BCUT2D eigenvalue weighted by Crippen LogP contribution is -1.99. The Morgan fingerprint density at radius 2 is 1.78 bits per heavy atom. The lowest BCUT2D eigenvalue weighted by molar-refractivity contribution is -0.384. The fraction of sp³-hybridized carbons (Fsp3) is 0. The summed E-state index contributed by atoms with van der Waals surface area (Å²) in [5, 5.41) is 24.7. The van der Waals surface area contributed by atoms with E-state index in [0.717, 1.165) is 5.56 Å². The van der Waals surface area contributed by atoms with E-state index in [0.29, 0.717) is 16.4 Å². The summed E-state index contributed by atoms with van der Waals surface area (Å²) in [4.78, 5) is 10.3. The van der Waals surface area contributed by atoms with E-state index in [-0.39, 0.29) is 11.4 Å². The summed E-state index contributed by atoms with van der Waals surface area (Å²) < 4.78 is 1.57. The molecule has 0 fully saturated rings. The summed E-state index contributed by atoms with van der Waals surface area (Å²) in [6.07, 6.45) is 0. The Kier molecular flexibility index (Phi) is 3.79. The van der Waals surface area contributed by atoms with Crippen LogP contribution in [0.5, 0.6) is 0 Å². The van der Waals surface area contributed by atoms with Crippen molar-refractivity contribution >= 4 is 17.3 Å². The van der Waals surface area contributed by atoms with Crippen LogP contribution in [0.2, 0.25) is 5.02 Å². The average Bonchev–Trinajstić information content (AvgIpc) is 3.00. The number of hydrogen-bond acceptors (Lipinski definition) is 4. The van der Waals surface area contributed by atoms with Gasteiger partial charge in [-0.15, -0.1) is 0 Å². The molecule has 3 aromatic rings. The fourth-order valence-corrected chi connectivity index (χ4v) is 2.30. The molecule has 6 nitrogen and oxygen atoms in total. The smallest absolute Gasteiger partial charge is 0.258 e. The maximum Gasteiger partial charge on any atom is 0.269 e. The molecule has 2 aromatic carbocycles. The molecule has 1 heterocycles. The van der Waals surface area contributed by atoms with Crippen LogP contribution in [0, 0.1) is 21.4 Å². The highest BCUT2D eigenvalue weighted by atomic mass is 35.5. The van der Waals surface area contributed by atoms with Crippen LogP contribution in [0.3, 0.4) is 0 Å². The molecular formula is C16H9ClN4O2. The minimum atomic E-state index is -0.465. The first kappa shape index (κ1) is 14.8. The number of rotatable bonds is 3. The number of nitro groups is 1. The van der Waals surface area contributed by atoms with Gasteiger partial charge in [0.25, 0.3) is 5.69 Å². The van der Waals surface area contributed by atoms with Gasteiger partial charge in [-0.25, -0.2) is 4.68 Å². The number of non-ortho nitro benzene ring substituents is 1. The van der Waals surface area contributed by atoms with Gasteiger partial charge >= 0.3 is 0 Å². The zero-order valence-electron chi connectivity index (χ0n) is 11.7. The van der Waals surface area contributed by atoms with Gasteiger partial charge in [0.2, 0.25) is 0 Å². The van der Waals surface area contributed by atoms with E-state index in [9.17, 15) is 10.1 Å². The molecule has 0 N–H and O–H groups in total. The molecule has 23 heavy (non-hydrogen) atoms. The summed E-state index contributed by atoms with van der Waals surface area (Å²) in [6, 6.07) is 16.8. The monoisotopic (exact) mass is 324 g/mol. The van der Waals surface area contributed by atoms with Gasteiger partial charge < -0.3 is 0 Å². The summed E-state index contributed by atoms with van der Waals surface area (Å²) in [5.41, 5.74) is 2.42. The summed E-state index contributed by atoms with van der Waals surface area (Å²) in [6.45, 7) is 0. The zero-order valence-corrected chi connectivity index (χ0v) is 12.4. The van der Waals surface area contributed by atoms with E-state index in [4.69, 9.17) is 16.9 Å². The summed E-state index contributed by atoms with van der Waals surface area (Å²) in [7, 11) is 0. The minimum absolute atomic E-state index is 0.00513. The molecule has 0 aliphatic heterocycles. The van der Waals surface area contributed by atoms with Crippen LogP contribution >= 0.6 is 11.6 Å². The van der Waals surface area contributed by atoms with Gasteiger partial charge in [-0.2, -0.15) is 10.4 Å². The van der Waals surface area contributed by atoms with Crippen molar-refractivity contribution in [3.8, 4) is 23.0 Å². The molecule has 0 atom stereocenters. The third kappa shape index (κ3) is 2.91. The maximum atomic E-state index is 10.7. The van der Waals surface area contributed by atoms with Gasteiger partial charge in [0.1, 0.15) is 6.07 Å². The first-order valence-corrected chi connectivity index (χ1v) is 6.97. The molecule has 0 saturated heterocycles. The standard InChI is InChI=1S/C16H9ClN4O2/c17-12-3-1-11(2-4-12)16-9-13(10-18)19-20(16)14-5-7-15(8-6-14)21(22)23/h1-9H. The highest BCUT2D eigenvalue weighted by molar-refractivity contribution is 6.30. The molecule has 0 amide bonds. The number of hydrogen-bond donors (Lipinski definition) is 0. The van der Waals surface area contributed by atoms with E-state index in [1.165, 1.54) is 12.1 Å². The van der Waals surface area contributed by atoms with Crippen LogP contribution in [0.1, 0.15) is 5.69 Å². The molecule has 112 valence electrons. The van der Waals surface area contributed by atoms with Crippen molar-refractivity contribution in [3.63, 3.8) is 0 Å². The molecule has 7 heteroatoms. The van der Waals surface area contributed by atoms with Gasteiger partial charge in [-0.05, 0) is 24.3 Å². The Bertz CT molecular complexity index is 909. The Labute approximate surface area is 136 Å². The largest absolute Gasteiger partial charge is 0.269 e. The molecule has 1 aromatic heterocycles. The second-order valence-corrected chi connectivity index (χ2v) is 5.16. The Hall–Kier alpha value is -3.17. The van der Waals surface area contributed by atoms with Crippen LogP contribution < -0.4 is 0 Å². The highest BCUT2D eigenvalue weighted by Gasteiger charge is 2.13.